The summed E-state index contributed by atoms with van der Waals surface area (Å²) in [5, 5.41) is 33.5. The maximum absolute atomic E-state index is 13.0. The number of guanidine groups is 1. The number of hydrogen-bond donors (Lipinski definition) is 3. The Morgan fingerprint density at radius 2 is 1.89 bits per heavy atom. The van der Waals surface area contributed by atoms with Gasteiger partial charge in [-0.25, -0.2) is 9.97 Å². The first-order valence-electron chi connectivity index (χ1n) is 10.3. The lowest BCUT2D eigenvalue weighted by molar-refractivity contribution is -0.830. The number of anilines is 1. The van der Waals surface area contributed by atoms with Gasteiger partial charge in [0.05, 0.1) is 17.3 Å². The third-order valence-electron chi connectivity index (χ3n) is 4.79. The lowest BCUT2D eigenvalue weighted by Crippen LogP contribution is -2.58. The van der Waals surface area contributed by atoms with Crippen LogP contribution in [0.2, 0.25) is 5.02 Å². The number of aliphatic imine (C=N–C) groups is 1. The molecule has 0 saturated carbocycles. The van der Waals surface area contributed by atoms with Crippen LogP contribution in [0.3, 0.4) is 0 Å². The largest absolute Gasteiger partial charge is 0.480 e. The maximum Gasteiger partial charge on any atom is 0.329 e. The molecule has 0 fully saturated rings. The smallest absolute Gasteiger partial charge is 0.329 e. The lowest BCUT2D eigenvalue weighted by Gasteiger charge is -2.28. The van der Waals surface area contributed by atoms with Crippen molar-refractivity contribution in [3.63, 3.8) is 0 Å². The monoisotopic (exact) mass is 509 g/mol. The van der Waals surface area contributed by atoms with E-state index in [0.717, 1.165) is 5.01 Å². The number of hydrogen-bond acceptors (Lipinski definition) is 9. The molecule has 1 aliphatic rings. The van der Waals surface area contributed by atoms with Gasteiger partial charge >= 0.3 is 5.97 Å². The normalized spacial score (nSPS) is 15.2. The van der Waals surface area contributed by atoms with Gasteiger partial charge in [0.2, 0.25) is 5.88 Å². The Labute approximate surface area is 209 Å². The molecule has 182 valence electrons. The second-order valence-corrected chi connectivity index (χ2v) is 7.77. The van der Waals surface area contributed by atoms with E-state index in [1.807, 2.05) is 6.07 Å². The number of ether oxygens (including phenoxy) is 1. The van der Waals surface area contributed by atoms with Gasteiger partial charge < -0.3 is 20.3 Å². The van der Waals surface area contributed by atoms with Crippen molar-refractivity contribution in [1.29, 1.82) is 5.26 Å². The van der Waals surface area contributed by atoms with Crippen LogP contribution in [0.25, 0.3) is 0 Å². The number of nitroso groups, excluding NO2 is 1. The van der Waals surface area contributed by atoms with Crippen LogP contribution in [0, 0.1) is 16.2 Å². The zero-order valence-electron chi connectivity index (χ0n) is 18.4. The predicted molar refractivity (Wildman–Crippen MR) is 125 cm³/mol. The molecule has 3 aromatic rings. The van der Waals surface area contributed by atoms with E-state index in [1.54, 1.807) is 48.5 Å². The third kappa shape index (κ3) is 5.81. The fourth-order valence-corrected chi connectivity index (χ4v) is 3.24. The fraction of sp³-hybridized carbons (Fsp3) is 0.136. The molecule has 36 heavy (non-hydrogen) atoms. The topological polar surface area (TPSA) is 167 Å². The van der Waals surface area contributed by atoms with Crippen molar-refractivity contribution in [3.05, 3.63) is 82.1 Å². The number of aliphatic carboxylic acids is 1. The number of carbonyl (C=O) groups is 1. The van der Waals surface area contributed by atoms with E-state index in [0.29, 0.717) is 27.0 Å². The molecule has 1 unspecified atom stereocenters. The minimum Gasteiger partial charge on any atom is -0.480 e. The highest BCUT2D eigenvalue weighted by molar-refractivity contribution is 6.30. The van der Waals surface area contributed by atoms with Crippen molar-refractivity contribution in [2.75, 3.05) is 11.9 Å². The van der Waals surface area contributed by atoms with Crippen LogP contribution in [-0.2, 0) is 11.3 Å². The van der Waals surface area contributed by atoms with Gasteiger partial charge in [0.1, 0.15) is 18.4 Å². The maximum atomic E-state index is 13.0. The summed E-state index contributed by atoms with van der Waals surface area (Å²) in [7, 11) is 0. The van der Waals surface area contributed by atoms with Gasteiger partial charge in [-0.2, -0.15) is 10.3 Å². The molecule has 1 atom stereocenters. The second kappa shape index (κ2) is 10.6. The van der Waals surface area contributed by atoms with E-state index >= 15 is 0 Å². The van der Waals surface area contributed by atoms with Crippen molar-refractivity contribution in [2.24, 2.45) is 4.99 Å². The van der Waals surface area contributed by atoms with Crippen molar-refractivity contribution >= 4 is 29.2 Å². The van der Waals surface area contributed by atoms with Crippen molar-refractivity contribution in [3.8, 4) is 17.7 Å². The first kappa shape index (κ1) is 24.3. The van der Waals surface area contributed by atoms with E-state index in [-0.39, 0.29) is 29.1 Å². The van der Waals surface area contributed by atoms with Gasteiger partial charge in [0.25, 0.3) is 17.3 Å². The Kier molecular flexibility index (Phi) is 7.19. The predicted octanol–water partition coefficient (Wildman–Crippen LogP) is 2.35. The van der Waals surface area contributed by atoms with Crippen LogP contribution in [-0.4, -0.2) is 60.0 Å². The Morgan fingerprint density at radius 3 is 2.50 bits per heavy atom. The van der Waals surface area contributed by atoms with E-state index in [9.17, 15) is 14.8 Å². The van der Waals surface area contributed by atoms with Gasteiger partial charge in [0, 0.05) is 10.7 Å². The summed E-state index contributed by atoms with van der Waals surface area (Å²) in [6.45, 7) is -0.753. The molecular formula is C22H18ClN8O5+. The third-order valence-corrected chi connectivity index (χ3v) is 5.05. The number of hydrazine groups is 2. The van der Waals surface area contributed by atoms with E-state index in [1.165, 1.54) is 12.4 Å². The number of halogens is 1. The highest BCUT2D eigenvalue weighted by atomic mass is 35.5. The van der Waals surface area contributed by atoms with Crippen molar-refractivity contribution < 1.29 is 24.7 Å². The molecular weight excluding hydrogens is 492 g/mol. The molecule has 3 N–H and O–H groups in total. The number of rotatable bonds is 7. The van der Waals surface area contributed by atoms with E-state index in [2.05, 4.69) is 20.3 Å². The molecule has 4 rings (SSSR count). The molecule has 0 radical (unpaired) electrons. The van der Waals surface area contributed by atoms with Crippen LogP contribution in [0.1, 0.15) is 11.3 Å². The van der Waals surface area contributed by atoms with Crippen LogP contribution in [0.4, 0.5) is 5.69 Å². The van der Waals surface area contributed by atoms with E-state index in [4.69, 9.17) is 26.7 Å². The van der Waals surface area contributed by atoms with Gasteiger partial charge in [-0.3, -0.25) is 4.79 Å². The molecule has 0 bridgehead atoms. The standard InChI is InChI=1S/C22H17ClN8O5/c23-15-3-1-14(2-4-15)12-29-21(28-22(34)30(31(29)35)13-20(32)33)27-16-5-7-18(8-6-16)36-19-11-25-17(9-24)10-26-19/h1-8,10-11,22,34H,12-13H2,(H-,27,28,32,33)/p+1. The molecule has 14 heteroatoms. The minimum atomic E-state index is -1.72. The second-order valence-electron chi connectivity index (χ2n) is 7.33. The minimum absolute atomic E-state index is 0.00784. The average molecular weight is 510 g/mol. The first-order chi connectivity index (χ1) is 17.3. The van der Waals surface area contributed by atoms with Crippen molar-refractivity contribution in [2.45, 2.75) is 12.9 Å². The molecule has 2 aromatic carbocycles. The number of benzene rings is 2. The summed E-state index contributed by atoms with van der Waals surface area (Å²) in [5.74, 6) is -0.693. The fourth-order valence-electron chi connectivity index (χ4n) is 3.11. The quantitative estimate of drug-likeness (QED) is 0.400. The molecule has 13 nitrogen and oxygen atoms in total. The Balaban J connectivity index is 1.53. The van der Waals surface area contributed by atoms with Gasteiger partial charge in [-0.05, 0) is 52.0 Å². The van der Waals surface area contributed by atoms with Crippen LogP contribution < -0.4 is 10.1 Å². The number of aromatic nitrogens is 2. The molecule has 0 saturated heterocycles. The number of aliphatic hydroxyl groups is 1. The number of carboxylic acid groups (broad SMARTS) is 1. The first-order valence-corrected chi connectivity index (χ1v) is 10.7. The summed E-state index contributed by atoms with van der Waals surface area (Å²) in [6.07, 6.45) is 0.888. The summed E-state index contributed by atoms with van der Waals surface area (Å²) >= 11 is 5.94. The van der Waals surface area contributed by atoms with Crippen molar-refractivity contribution in [1.82, 2.24) is 20.0 Å². The summed E-state index contributed by atoms with van der Waals surface area (Å²) < 4.78 is 5.59. The molecule has 1 aromatic heterocycles. The molecule has 1 aliphatic heterocycles. The van der Waals surface area contributed by atoms with E-state index < -0.39 is 18.9 Å². The zero-order chi connectivity index (χ0) is 25.7. The summed E-state index contributed by atoms with van der Waals surface area (Å²) in [6, 6.07) is 15.1. The van der Waals surface area contributed by atoms with Gasteiger partial charge in [0.15, 0.2) is 12.2 Å². The number of nitrogens with zero attached hydrogens (tertiary/aromatic N) is 7. The molecule has 0 spiro atoms. The SMILES string of the molecule is N#Cc1cnc(Oc2ccc(NC3=NC(O)N(CC(=O)O)[N+](=O)N3Cc3ccc(Cl)cc3)cc2)cn1. The highest BCUT2D eigenvalue weighted by Gasteiger charge is 2.44. The van der Waals surface area contributed by atoms with Crippen LogP contribution in [0.5, 0.6) is 11.6 Å². The van der Waals surface area contributed by atoms with Gasteiger partial charge in [-0.1, -0.05) is 23.7 Å². The molecule has 0 amide bonds. The lowest BCUT2D eigenvalue weighted by atomic mass is 10.2. The zero-order valence-corrected chi connectivity index (χ0v) is 19.1. The Hall–Kier alpha value is -4.80. The molecule has 2 heterocycles. The van der Waals surface area contributed by atoms with Crippen LogP contribution >= 0.6 is 11.6 Å². The number of nitriles is 1. The average Bonchev–Trinajstić information content (AvgIpc) is 2.87. The van der Waals surface area contributed by atoms with Crippen LogP contribution in [0.15, 0.2) is 65.9 Å². The number of aliphatic hydroxyl groups excluding tert-OH is 1. The number of carboxylic acids is 1. The highest BCUT2D eigenvalue weighted by Crippen LogP contribution is 2.23. The van der Waals surface area contributed by atoms with Gasteiger partial charge in [-0.15, -0.1) is 0 Å². The Morgan fingerprint density at radius 1 is 1.17 bits per heavy atom. The molecule has 0 aliphatic carbocycles. The summed E-state index contributed by atoms with van der Waals surface area (Å²) in [4.78, 5) is 36.4. The number of nitrogens with one attached hydrogen (secondary N) is 1. The Bertz CT molecular complexity index is 1330. The summed E-state index contributed by atoms with van der Waals surface area (Å²) in [5.41, 5.74) is 1.35.